The second-order valence-electron chi connectivity index (χ2n) is 3.83. The number of fused-ring (bicyclic) bond motifs is 1. The number of aromatic amines is 1. The molecule has 0 amide bonds. The van der Waals surface area contributed by atoms with Crippen molar-refractivity contribution in [2.45, 2.75) is 25.2 Å². The van der Waals surface area contributed by atoms with E-state index < -0.39 is 0 Å². The molecule has 6 heteroatoms. The van der Waals surface area contributed by atoms with E-state index in [0.29, 0.717) is 17.5 Å². The van der Waals surface area contributed by atoms with Crippen molar-refractivity contribution in [3.8, 4) is 0 Å². The molecule has 0 unspecified atom stereocenters. The maximum absolute atomic E-state index is 5.84. The molecule has 0 bridgehead atoms. The van der Waals surface area contributed by atoms with Crippen LogP contribution in [0.3, 0.4) is 0 Å². The second kappa shape index (κ2) is 3.06. The molecule has 0 spiro atoms. The van der Waals surface area contributed by atoms with Crippen LogP contribution in [0.4, 0.5) is 5.95 Å². The summed E-state index contributed by atoms with van der Waals surface area (Å²) in [5.74, 6) is 0.843. The normalized spacial score (nSPS) is 16.9. The Morgan fingerprint density at radius 1 is 1.27 bits per heavy atom. The van der Waals surface area contributed by atoms with E-state index in [1.54, 1.807) is 0 Å². The fourth-order valence-corrected chi connectivity index (χ4v) is 2.06. The van der Waals surface area contributed by atoms with Crippen LogP contribution < -0.4 is 5.73 Å². The number of H-pyrrole nitrogens is 1. The molecule has 2 aromatic rings. The second-order valence-corrected chi connectivity index (χ2v) is 4.16. The Hall–Kier alpha value is -1.36. The Bertz CT molecular complexity index is 516. The Kier molecular flexibility index (Phi) is 1.82. The van der Waals surface area contributed by atoms with E-state index >= 15 is 0 Å². The van der Waals surface area contributed by atoms with Gasteiger partial charge in [0.05, 0.1) is 5.69 Å². The van der Waals surface area contributed by atoms with Gasteiger partial charge in [0.15, 0.2) is 11.6 Å². The average molecular weight is 224 g/mol. The number of nitrogen functional groups attached to an aromatic ring is 1. The first-order chi connectivity index (χ1) is 7.24. The van der Waals surface area contributed by atoms with Crippen LogP contribution in [0.1, 0.15) is 30.9 Å². The van der Waals surface area contributed by atoms with E-state index in [0.717, 1.165) is 24.1 Å². The molecule has 2 heterocycles. The minimum atomic E-state index is 0.246. The van der Waals surface area contributed by atoms with Crippen LogP contribution in [0.25, 0.3) is 11.2 Å². The monoisotopic (exact) mass is 223 g/mol. The highest BCUT2D eigenvalue weighted by molar-refractivity contribution is 6.28. The van der Waals surface area contributed by atoms with Gasteiger partial charge < -0.3 is 10.7 Å². The van der Waals surface area contributed by atoms with Crippen molar-refractivity contribution in [1.29, 1.82) is 0 Å². The third-order valence-corrected chi connectivity index (χ3v) is 3.03. The quantitative estimate of drug-likeness (QED) is 0.723. The number of halogens is 1. The lowest BCUT2D eigenvalue weighted by atomic mass is 9.82. The zero-order chi connectivity index (χ0) is 10.4. The van der Waals surface area contributed by atoms with E-state index in [2.05, 4.69) is 19.9 Å². The average Bonchev–Trinajstić information content (AvgIpc) is 2.41. The Labute approximate surface area is 91.1 Å². The van der Waals surface area contributed by atoms with Gasteiger partial charge in [0.2, 0.25) is 5.28 Å². The molecule has 3 N–H and O–H groups in total. The molecule has 0 aliphatic heterocycles. The maximum Gasteiger partial charge on any atom is 0.224 e. The molecule has 1 fully saturated rings. The summed E-state index contributed by atoms with van der Waals surface area (Å²) in [5, 5.41) is 0.246. The van der Waals surface area contributed by atoms with Gasteiger partial charge in [0.25, 0.3) is 0 Å². The summed E-state index contributed by atoms with van der Waals surface area (Å²) in [6.45, 7) is 0. The van der Waals surface area contributed by atoms with E-state index in [1.165, 1.54) is 6.42 Å². The molecule has 1 aliphatic rings. The molecular weight excluding hydrogens is 214 g/mol. The number of hydrogen-bond donors (Lipinski definition) is 2. The molecule has 1 aliphatic carbocycles. The van der Waals surface area contributed by atoms with Gasteiger partial charge >= 0.3 is 0 Å². The van der Waals surface area contributed by atoms with Gasteiger partial charge in [0.1, 0.15) is 5.52 Å². The van der Waals surface area contributed by atoms with Crippen molar-refractivity contribution in [3.63, 3.8) is 0 Å². The zero-order valence-electron chi connectivity index (χ0n) is 8.00. The number of hydrogen-bond acceptors (Lipinski definition) is 4. The number of rotatable bonds is 1. The lowest BCUT2D eigenvalue weighted by Crippen LogP contribution is -2.11. The number of nitrogens with one attached hydrogen (secondary N) is 1. The first kappa shape index (κ1) is 8.91. The minimum Gasteiger partial charge on any atom is -0.369 e. The van der Waals surface area contributed by atoms with Crippen molar-refractivity contribution in [3.05, 3.63) is 11.0 Å². The number of aromatic nitrogens is 4. The summed E-state index contributed by atoms with van der Waals surface area (Å²) in [6, 6.07) is 0. The first-order valence-corrected chi connectivity index (χ1v) is 5.30. The van der Waals surface area contributed by atoms with E-state index in [9.17, 15) is 0 Å². The molecule has 78 valence electrons. The van der Waals surface area contributed by atoms with Crippen molar-refractivity contribution >= 4 is 28.7 Å². The summed E-state index contributed by atoms with van der Waals surface area (Å²) in [7, 11) is 0. The predicted molar refractivity (Wildman–Crippen MR) is 57.7 cm³/mol. The number of nitrogens with zero attached hydrogens (tertiary/aromatic N) is 3. The largest absolute Gasteiger partial charge is 0.369 e. The lowest BCUT2D eigenvalue weighted by molar-refractivity contribution is 0.413. The maximum atomic E-state index is 5.84. The highest BCUT2D eigenvalue weighted by atomic mass is 35.5. The lowest BCUT2D eigenvalue weighted by Gasteiger charge is -2.24. The van der Waals surface area contributed by atoms with Crippen LogP contribution in [0.2, 0.25) is 5.28 Å². The molecule has 1 saturated carbocycles. The minimum absolute atomic E-state index is 0.246. The van der Waals surface area contributed by atoms with Crippen LogP contribution in [0, 0.1) is 0 Å². The third kappa shape index (κ3) is 1.34. The van der Waals surface area contributed by atoms with Gasteiger partial charge in [-0.1, -0.05) is 6.42 Å². The Morgan fingerprint density at radius 2 is 2.07 bits per heavy atom. The molecule has 0 radical (unpaired) electrons. The number of anilines is 1. The van der Waals surface area contributed by atoms with Crippen LogP contribution in [-0.2, 0) is 0 Å². The van der Waals surface area contributed by atoms with E-state index in [1.807, 2.05) is 0 Å². The summed E-state index contributed by atoms with van der Waals surface area (Å²) < 4.78 is 0. The highest BCUT2D eigenvalue weighted by Gasteiger charge is 2.25. The van der Waals surface area contributed by atoms with Crippen LogP contribution in [0.15, 0.2) is 0 Å². The van der Waals surface area contributed by atoms with Gasteiger partial charge in [-0.3, -0.25) is 0 Å². The van der Waals surface area contributed by atoms with Gasteiger partial charge in [-0.05, 0) is 24.4 Å². The molecular formula is C9H10ClN5. The smallest absolute Gasteiger partial charge is 0.224 e. The van der Waals surface area contributed by atoms with Crippen LogP contribution >= 0.6 is 11.6 Å². The van der Waals surface area contributed by atoms with Crippen LogP contribution in [-0.4, -0.2) is 19.9 Å². The molecule has 5 nitrogen and oxygen atoms in total. The van der Waals surface area contributed by atoms with Crippen molar-refractivity contribution in [2.75, 3.05) is 5.73 Å². The number of nitrogens with two attached hydrogens (primary N) is 1. The molecule has 0 saturated heterocycles. The van der Waals surface area contributed by atoms with E-state index in [-0.39, 0.29) is 5.28 Å². The zero-order valence-corrected chi connectivity index (χ0v) is 8.75. The highest BCUT2D eigenvalue weighted by Crippen LogP contribution is 2.38. The molecule has 0 atom stereocenters. The molecule has 15 heavy (non-hydrogen) atoms. The van der Waals surface area contributed by atoms with Crippen molar-refractivity contribution in [2.24, 2.45) is 0 Å². The topological polar surface area (TPSA) is 80.5 Å². The standard InChI is InChI=1S/C9H10ClN5/c10-8-12-5(4-2-1-3-4)6-7(14-8)15-9(11)13-6/h4H,1-3H2,(H3,11,12,13,14,15). The Balaban J connectivity index is 2.24. The van der Waals surface area contributed by atoms with Crippen LogP contribution in [0.5, 0.6) is 0 Å². The van der Waals surface area contributed by atoms with Gasteiger partial charge in [0, 0.05) is 5.92 Å². The third-order valence-electron chi connectivity index (χ3n) is 2.86. The molecule has 3 rings (SSSR count). The molecule has 2 aromatic heterocycles. The predicted octanol–water partition coefficient (Wildman–Crippen LogP) is 1.86. The fraction of sp³-hybridized carbons (Fsp3) is 0.444. The summed E-state index contributed by atoms with van der Waals surface area (Å²) in [5.41, 5.74) is 7.95. The Morgan fingerprint density at radius 3 is 2.73 bits per heavy atom. The first-order valence-electron chi connectivity index (χ1n) is 4.92. The molecule has 0 aromatic carbocycles. The SMILES string of the molecule is Nc1nc2nc(Cl)nc(C3CCC3)c2[nH]1. The van der Waals surface area contributed by atoms with Gasteiger partial charge in [-0.2, -0.15) is 9.97 Å². The van der Waals surface area contributed by atoms with E-state index in [4.69, 9.17) is 17.3 Å². The fourth-order valence-electron chi connectivity index (χ4n) is 1.89. The summed E-state index contributed by atoms with van der Waals surface area (Å²) >= 11 is 5.84. The van der Waals surface area contributed by atoms with Crippen molar-refractivity contribution in [1.82, 2.24) is 19.9 Å². The van der Waals surface area contributed by atoms with Gasteiger partial charge in [-0.25, -0.2) is 4.98 Å². The summed E-state index contributed by atoms with van der Waals surface area (Å²) in [4.78, 5) is 15.3. The van der Waals surface area contributed by atoms with Gasteiger partial charge in [-0.15, -0.1) is 0 Å². The number of imidazole rings is 1. The van der Waals surface area contributed by atoms with Crippen molar-refractivity contribution < 1.29 is 0 Å². The summed E-state index contributed by atoms with van der Waals surface area (Å²) in [6.07, 6.45) is 3.56.